The van der Waals surface area contributed by atoms with E-state index in [1.165, 1.54) is 0 Å². The van der Waals surface area contributed by atoms with Gasteiger partial charge in [-0.2, -0.15) is 0 Å². The Morgan fingerprint density at radius 2 is 2.07 bits per heavy atom. The number of hydrogen-bond acceptors (Lipinski definition) is 2. The molecule has 1 unspecified atom stereocenters. The molecule has 0 aromatic carbocycles. The predicted octanol–water partition coefficient (Wildman–Crippen LogP) is 1.79. The first-order valence-electron chi connectivity index (χ1n) is 5.28. The van der Waals surface area contributed by atoms with Crippen LogP contribution in [0.2, 0.25) is 0 Å². The molecule has 2 N–H and O–H groups in total. The zero-order valence-corrected chi connectivity index (χ0v) is 9.64. The fraction of sp³-hybridized carbons (Fsp3) is 0.833. The predicted molar refractivity (Wildman–Crippen MR) is 61.0 cm³/mol. The SMILES string of the molecule is C#CCCCNCC(O)CC(C)(C)C. The summed E-state index contributed by atoms with van der Waals surface area (Å²) in [5.74, 6) is 2.59. The van der Waals surface area contributed by atoms with Crippen LogP contribution in [0.25, 0.3) is 0 Å². The highest BCUT2D eigenvalue weighted by atomic mass is 16.3. The summed E-state index contributed by atoms with van der Waals surface area (Å²) >= 11 is 0. The smallest absolute Gasteiger partial charge is 0.0669 e. The first kappa shape index (κ1) is 13.5. The third kappa shape index (κ3) is 9.57. The summed E-state index contributed by atoms with van der Waals surface area (Å²) < 4.78 is 0. The molecule has 0 saturated heterocycles. The number of unbranched alkanes of at least 4 members (excludes halogenated alkanes) is 1. The first-order chi connectivity index (χ1) is 6.45. The highest BCUT2D eigenvalue weighted by molar-refractivity contribution is 4.83. The molecule has 0 saturated carbocycles. The van der Waals surface area contributed by atoms with Crippen LogP contribution in [-0.4, -0.2) is 24.3 Å². The molecule has 0 radical (unpaired) electrons. The second-order valence-electron chi connectivity index (χ2n) is 4.93. The second kappa shape index (κ2) is 6.86. The fourth-order valence-corrected chi connectivity index (χ4v) is 1.36. The van der Waals surface area contributed by atoms with Gasteiger partial charge in [-0.3, -0.25) is 0 Å². The van der Waals surface area contributed by atoms with Gasteiger partial charge in [-0.05, 0) is 24.8 Å². The van der Waals surface area contributed by atoms with Crippen LogP contribution in [0.3, 0.4) is 0 Å². The molecule has 2 heteroatoms. The number of aliphatic hydroxyl groups excluding tert-OH is 1. The van der Waals surface area contributed by atoms with Gasteiger partial charge in [0.25, 0.3) is 0 Å². The van der Waals surface area contributed by atoms with E-state index in [9.17, 15) is 5.11 Å². The molecule has 0 fully saturated rings. The first-order valence-corrected chi connectivity index (χ1v) is 5.28. The largest absolute Gasteiger partial charge is 0.392 e. The Labute approximate surface area is 88.1 Å². The highest BCUT2D eigenvalue weighted by Gasteiger charge is 2.15. The molecule has 0 rings (SSSR count). The summed E-state index contributed by atoms with van der Waals surface area (Å²) in [6.07, 6.45) is 7.50. The minimum atomic E-state index is -0.249. The number of terminal acetylenes is 1. The second-order valence-corrected chi connectivity index (χ2v) is 4.93. The summed E-state index contributed by atoms with van der Waals surface area (Å²) in [7, 11) is 0. The lowest BCUT2D eigenvalue weighted by Gasteiger charge is -2.22. The molecule has 0 aromatic rings. The molecule has 1 atom stereocenters. The van der Waals surface area contributed by atoms with Gasteiger partial charge in [0.05, 0.1) is 6.10 Å². The van der Waals surface area contributed by atoms with Crippen LogP contribution < -0.4 is 5.32 Å². The fourth-order valence-electron chi connectivity index (χ4n) is 1.36. The number of nitrogens with one attached hydrogen (secondary N) is 1. The highest BCUT2D eigenvalue weighted by Crippen LogP contribution is 2.20. The molecule has 0 amide bonds. The lowest BCUT2D eigenvalue weighted by Crippen LogP contribution is -2.30. The van der Waals surface area contributed by atoms with Crippen molar-refractivity contribution in [2.75, 3.05) is 13.1 Å². The molecule has 0 heterocycles. The molecule has 2 nitrogen and oxygen atoms in total. The van der Waals surface area contributed by atoms with Crippen molar-refractivity contribution in [3.8, 4) is 12.3 Å². The normalized spacial score (nSPS) is 13.6. The van der Waals surface area contributed by atoms with Gasteiger partial charge >= 0.3 is 0 Å². The Bertz CT molecular complexity index is 176. The van der Waals surface area contributed by atoms with Crippen molar-refractivity contribution < 1.29 is 5.11 Å². The van der Waals surface area contributed by atoms with Gasteiger partial charge in [0.1, 0.15) is 0 Å². The topological polar surface area (TPSA) is 32.3 Å². The van der Waals surface area contributed by atoms with E-state index >= 15 is 0 Å². The van der Waals surface area contributed by atoms with Crippen LogP contribution in [-0.2, 0) is 0 Å². The van der Waals surface area contributed by atoms with Gasteiger partial charge in [0, 0.05) is 13.0 Å². The van der Waals surface area contributed by atoms with Crippen molar-refractivity contribution in [2.45, 2.75) is 46.1 Å². The van der Waals surface area contributed by atoms with E-state index in [0.717, 1.165) is 25.8 Å². The zero-order valence-electron chi connectivity index (χ0n) is 9.64. The van der Waals surface area contributed by atoms with Crippen LogP contribution in [0.4, 0.5) is 0 Å². The monoisotopic (exact) mass is 197 g/mol. The summed E-state index contributed by atoms with van der Waals surface area (Å²) in [6.45, 7) is 7.96. The van der Waals surface area contributed by atoms with Crippen molar-refractivity contribution in [3.63, 3.8) is 0 Å². The van der Waals surface area contributed by atoms with Crippen molar-refractivity contribution in [2.24, 2.45) is 5.41 Å². The minimum Gasteiger partial charge on any atom is -0.392 e. The maximum absolute atomic E-state index is 9.64. The van der Waals surface area contributed by atoms with Gasteiger partial charge in [0.15, 0.2) is 0 Å². The summed E-state index contributed by atoms with van der Waals surface area (Å²) in [6, 6.07) is 0. The van der Waals surface area contributed by atoms with Crippen molar-refractivity contribution in [1.82, 2.24) is 5.32 Å². The van der Waals surface area contributed by atoms with Gasteiger partial charge in [0.2, 0.25) is 0 Å². The van der Waals surface area contributed by atoms with Gasteiger partial charge in [-0.15, -0.1) is 12.3 Å². The quantitative estimate of drug-likeness (QED) is 0.502. The van der Waals surface area contributed by atoms with Crippen LogP contribution in [0, 0.1) is 17.8 Å². The lowest BCUT2D eigenvalue weighted by atomic mass is 9.89. The summed E-state index contributed by atoms with van der Waals surface area (Å²) in [4.78, 5) is 0. The van der Waals surface area contributed by atoms with E-state index in [0.29, 0.717) is 6.54 Å². The molecule has 0 spiro atoms. The molecular weight excluding hydrogens is 174 g/mol. The van der Waals surface area contributed by atoms with E-state index in [-0.39, 0.29) is 11.5 Å². The van der Waals surface area contributed by atoms with Gasteiger partial charge in [-0.1, -0.05) is 20.8 Å². The Balaban J connectivity index is 3.37. The van der Waals surface area contributed by atoms with Crippen LogP contribution in [0.15, 0.2) is 0 Å². The Morgan fingerprint density at radius 1 is 1.43 bits per heavy atom. The third-order valence-electron chi connectivity index (χ3n) is 1.90. The average Bonchev–Trinajstić information content (AvgIpc) is 2.00. The molecular formula is C12H23NO. The van der Waals surface area contributed by atoms with E-state index in [1.807, 2.05) is 0 Å². The summed E-state index contributed by atoms with van der Waals surface area (Å²) in [5.41, 5.74) is 0.194. The standard InChI is InChI=1S/C12H23NO/c1-5-6-7-8-13-10-11(14)9-12(2,3)4/h1,11,13-14H,6-10H2,2-4H3. The van der Waals surface area contributed by atoms with Crippen LogP contribution in [0.5, 0.6) is 0 Å². The number of aliphatic hydroxyl groups is 1. The van der Waals surface area contributed by atoms with Crippen LogP contribution in [0.1, 0.15) is 40.0 Å². The molecule has 0 bridgehead atoms. The van der Waals surface area contributed by atoms with Gasteiger partial charge in [-0.25, -0.2) is 0 Å². The maximum Gasteiger partial charge on any atom is 0.0669 e. The average molecular weight is 197 g/mol. The molecule has 0 aliphatic rings. The Kier molecular flexibility index (Phi) is 6.61. The van der Waals surface area contributed by atoms with E-state index < -0.39 is 0 Å². The number of hydrogen-bond donors (Lipinski definition) is 2. The van der Waals surface area contributed by atoms with E-state index in [4.69, 9.17) is 6.42 Å². The molecule has 0 aliphatic heterocycles. The van der Waals surface area contributed by atoms with Crippen molar-refractivity contribution in [3.05, 3.63) is 0 Å². The minimum absolute atomic E-state index is 0.194. The lowest BCUT2D eigenvalue weighted by molar-refractivity contribution is 0.120. The maximum atomic E-state index is 9.64. The Hall–Kier alpha value is -0.520. The molecule has 0 aliphatic carbocycles. The van der Waals surface area contributed by atoms with E-state index in [1.54, 1.807) is 0 Å². The zero-order chi connectivity index (χ0) is 11.0. The third-order valence-corrected chi connectivity index (χ3v) is 1.90. The molecule has 14 heavy (non-hydrogen) atoms. The molecule has 0 aromatic heterocycles. The van der Waals surface area contributed by atoms with Gasteiger partial charge < -0.3 is 10.4 Å². The van der Waals surface area contributed by atoms with Crippen LogP contribution >= 0.6 is 0 Å². The number of rotatable bonds is 6. The molecule has 82 valence electrons. The van der Waals surface area contributed by atoms with E-state index in [2.05, 4.69) is 32.0 Å². The summed E-state index contributed by atoms with van der Waals surface area (Å²) in [5, 5.41) is 12.8. The Morgan fingerprint density at radius 3 is 2.57 bits per heavy atom. The van der Waals surface area contributed by atoms with Crippen molar-refractivity contribution >= 4 is 0 Å². The van der Waals surface area contributed by atoms with Crippen molar-refractivity contribution in [1.29, 1.82) is 0 Å².